The summed E-state index contributed by atoms with van der Waals surface area (Å²) in [5.74, 6) is -0.125. The van der Waals surface area contributed by atoms with Gasteiger partial charge in [0.25, 0.3) is 5.91 Å². The third-order valence-corrected chi connectivity index (χ3v) is 5.75. The summed E-state index contributed by atoms with van der Waals surface area (Å²) in [5.41, 5.74) is 4.15. The molecule has 1 aliphatic rings. The number of carbonyl (C=O) groups is 2. The SMILES string of the molecule is Cc1nn(C)c(C)c1CNC(=O)c1ccnc(N2CCN(Cc3ccc(F)cc3)C2=O)c1. The largest absolute Gasteiger partial charge is 0.348 e. The number of anilines is 1. The quantitative estimate of drug-likeness (QED) is 0.644. The Bertz CT molecular complexity index is 1160. The van der Waals surface area contributed by atoms with Crippen LogP contribution in [0.4, 0.5) is 15.0 Å². The van der Waals surface area contributed by atoms with Crippen molar-refractivity contribution in [1.29, 1.82) is 0 Å². The van der Waals surface area contributed by atoms with Gasteiger partial charge in [0, 0.05) is 56.2 Å². The Morgan fingerprint density at radius 2 is 1.91 bits per heavy atom. The molecule has 1 aromatic carbocycles. The number of nitrogens with one attached hydrogen (secondary N) is 1. The topological polar surface area (TPSA) is 83.4 Å². The molecule has 3 heterocycles. The third kappa shape index (κ3) is 4.32. The summed E-state index contributed by atoms with van der Waals surface area (Å²) in [6.07, 6.45) is 1.53. The minimum Gasteiger partial charge on any atom is -0.348 e. The van der Waals surface area contributed by atoms with Crippen molar-refractivity contribution in [1.82, 2.24) is 25.0 Å². The second-order valence-corrected chi connectivity index (χ2v) is 7.84. The van der Waals surface area contributed by atoms with Gasteiger partial charge in [0.05, 0.1) is 5.69 Å². The first-order valence-corrected chi connectivity index (χ1v) is 10.4. The highest BCUT2D eigenvalue weighted by molar-refractivity contribution is 5.97. The number of amides is 3. The Morgan fingerprint density at radius 1 is 1.16 bits per heavy atom. The molecule has 1 fully saturated rings. The molecule has 0 aliphatic carbocycles. The van der Waals surface area contributed by atoms with Crippen molar-refractivity contribution < 1.29 is 14.0 Å². The van der Waals surface area contributed by atoms with E-state index in [1.807, 2.05) is 20.9 Å². The molecule has 8 nitrogen and oxygen atoms in total. The summed E-state index contributed by atoms with van der Waals surface area (Å²) < 4.78 is 14.9. The van der Waals surface area contributed by atoms with Gasteiger partial charge in [-0.2, -0.15) is 5.10 Å². The first kappa shape index (κ1) is 21.5. The van der Waals surface area contributed by atoms with Crippen LogP contribution in [-0.2, 0) is 20.1 Å². The molecule has 0 unspecified atom stereocenters. The number of halogens is 1. The zero-order valence-electron chi connectivity index (χ0n) is 18.3. The van der Waals surface area contributed by atoms with Crippen molar-refractivity contribution in [2.45, 2.75) is 26.9 Å². The predicted molar refractivity (Wildman–Crippen MR) is 118 cm³/mol. The fourth-order valence-corrected chi connectivity index (χ4v) is 3.80. The molecule has 0 bridgehead atoms. The van der Waals surface area contributed by atoms with Crippen LogP contribution in [0.15, 0.2) is 42.6 Å². The molecule has 3 aromatic rings. The Morgan fingerprint density at radius 3 is 2.59 bits per heavy atom. The van der Waals surface area contributed by atoms with Crippen LogP contribution < -0.4 is 10.2 Å². The molecule has 2 aromatic heterocycles. The number of benzene rings is 1. The van der Waals surface area contributed by atoms with Crippen molar-refractivity contribution in [3.05, 3.63) is 76.5 Å². The number of hydrogen-bond acceptors (Lipinski definition) is 4. The second kappa shape index (κ2) is 8.78. The van der Waals surface area contributed by atoms with Crippen molar-refractivity contribution >= 4 is 17.8 Å². The maximum atomic E-state index is 13.1. The lowest BCUT2D eigenvalue weighted by Gasteiger charge is -2.18. The van der Waals surface area contributed by atoms with Crippen molar-refractivity contribution in [3.8, 4) is 0 Å². The van der Waals surface area contributed by atoms with E-state index in [4.69, 9.17) is 0 Å². The number of aryl methyl sites for hydroxylation is 2. The molecule has 9 heteroatoms. The predicted octanol–water partition coefficient (Wildman–Crippen LogP) is 2.94. The third-order valence-electron chi connectivity index (χ3n) is 5.75. The monoisotopic (exact) mass is 436 g/mol. The molecule has 32 heavy (non-hydrogen) atoms. The van der Waals surface area contributed by atoms with E-state index >= 15 is 0 Å². The number of pyridine rings is 1. The van der Waals surface area contributed by atoms with Gasteiger partial charge < -0.3 is 10.2 Å². The van der Waals surface area contributed by atoms with Crippen LogP contribution in [0, 0.1) is 19.7 Å². The normalized spacial score (nSPS) is 13.7. The van der Waals surface area contributed by atoms with Crippen LogP contribution in [0.1, 0.15) is 32.9 Å². The highest BCUT2D eigenvalue weighted by atomic mass is 19.1. The molecular weight excluding hydrogens is 411 g/mol. The van der Waals surface area contributed by atoms with Crippen molar-refractivity contribution in [2.24, 2.45) is 7.05 Å². The van der Waals surface area contributed by atoms with Crippen LogP contribution >= 0.6 is 0 Å². The molecular formula is C23H25FN6O2. The summed E-state index contributed by atoms with van der Waals surface area (Å²) in [6, 6.07) is 9.15. The summed E-state index contributed by atoms with van der Waals surface area (Å²) in [4.78, 5) is 33.1. The number of nitrogens with zero attached hydrogens (tertiary/aromatic N) is 5. The molecule has 3 amide bonds. The van der Waals surface area contributed by atoms with E-state index in [2.05, 4.69) is 15.4 Å². The average Bonchev–Trinajstić information content (AvgIpc) is 3.26. The molecule has 1 saturated heterocycles. The van der Waals surface area contributed by atoms with Crippen LogP contribution in [0.5, 0.6) is 0 Å². The molecule has 1 aliphatic heterocycles. The first-order valence-electron chi connectivity index (χ1n) is 10.4. The van der Waals surface area contributed by atoms with Gasteiger partial charge in [0.2, 0.25) is 0 Å². The molecule has 1 N–H and O–H groups in total. The fourth-order valence-electron chi connectivity index (χ4n) is 3.80. The molecule has 0 spiro atoms. The zero-order valence-corrected chi connectivity index (χ0v) is 18.3. The minimum atomic E-state index is -0.309. The van der Waals surface area contributed by atoms with E-state index in [0.717, 1.165) is 22.5 Å². The molecule has 166 valence electrons. The maximum absolute atomic E-state index is 13.1. The molecule has 0 saturated carbocycles. The van der Waals surface area contributed by atoms with Gasteiger partial charge in [0.15, 0.2) is 0 Å². The van der Waals surface area contributed by atoms with Gasteiger partial charge in [-0.15, -0.1) is 0 Å². The number of rotatable bonds is 6. The van der Waals surface area contributed by atoms with Crippen LogP contribution in [0.2, 0.25) is 0 Å². The second-order valence-electron chi connectivity index (χ2n) is 7.84. The Hall–Kier alpha value is -3.75. The van der Waals surface area contributed by atoms with Gasteiger partial charge in [-0.25, -0.2) is 14.2 Å². The van der Waals surface area contributed by atoms with Gasteiger partial charge in [-0.1, -0.05) is 12.1 Å². The fraction of sp³-hybridized carbons (Fsp3) is 0.304. The minimum absolute atomic E-state index is 0.194. The number of aromatic nitrogens is 3. The number of urea groups is 1. The average molecular weight is 436 g/mol. The van der Waals surface area contributed by atoms with Gasteiger partial charge in [-0.3, -0.25) is 14.4 Å². The van der Waals surface area contributed by atoms with Gasteiger partial charge in [-0.05, 0) is 43.7 Å². The maximum Gasteiger partial charge on any atom is 0.326 e. The highest BCUT2D eigenvalue weighted by Gasteiger charge is 2.30. The summed E-state index contributed by atoms with van der Waals surface area (Å²) in [6.45, 7) is 5.62. The molecule has 0 atom stereocenters. The van der Waals surface area contributed by atoms with E-state index in [1.54, 1.807) is 38.7 Å². The molecule has 4 rings (SSSR count). The lowest BCUT2D eigenvalue weighted by molar-refractivity contribution is 0.0950. The van der Waals surface area contributed by atoms with E-state index < -0.39 is 0 Å². The Labute approximate surface area is 185 Å². The van der Waals surface area contributed by atoms with Crippen LogP contribution in [-0.4, -0.2) is 44.7 Å². The summed E-state index contributed by atoms with van der Waals surface area (Å²) in [5, 5.41) is 7.29. The van der Waals surface area contributed by atoms with Crippen molar-refractivity contribution in [3.63, 3.8) is 0 Å². The summed E-state index contributed by atoms with van der Waals surface area (Å²) in [7, 11) is 1.87. The molecule has 0 radical (unpaired) electrons. The number of carbonyl (C=O) groups excluding carboxylic acids is 2. The van der Waals surface area contributed by atoms with E-state index in [1.165, 1.54) is 18.3 Å². The highest BCUT2D eigenvalue weighted by Crippen LogP contribution is 2.21. The van der Waals surface area contributed by atoms with Gasteiger partial charge >= 0.3 is 6.03 Å². The van der Waals surface area contributed by atoms with Crippen LogP contribution in [0.25, 0.3) is 0 Å². The first-order chi connectivity index (χ1) is 15.3. The summed E-state index contributed by atoms with van der Waals surface area (Å²) >= 11 is 0. The van der Waals surface area contributed by atoms with E-state index in [-0.39, 0.29) is 17.8 Å². The van der Waals surface area contributed by atoms with E-state index in [0.29, 0.717) is 37.6 Å². The number of hydrogen-bond donors (Lipinski definition) is 1. The van der Waals surface area contributed by atoms with Crippen molar-refractivity contribution in [2.75, 3.05) is 18.0 Å². The smallest absolute Gasteiger partial charge is 0.326 e. The van der Waals surface area contributed by atoms with E-state index in [9.17, 15) is 14.0 Å². The zero-order chi connectivity index (χ0) is 22.8. The van der Waals surface area contributed by atoms with Gasteiger partial charge in [0.1, 0.15) is 11.6 Å². The van der Waals surface area contributed by atoms with Crippen LogP contribution in [0.3, 0.4) is 0 Å². The standard InChI is InChI=1S/C23H25FN6O2/c1-15-20(16(2)28(3)27-15)13-26-22(31)18-8-9-25-21(12-18)30-11-10-29(23(30)32)14-17-4-6-19(24)7-5-17/h4-9,12H,10-11,13-14H2,1-3H3,(H,26,31). The Kier molecular flexibility index (Phi) is 5.89. The lowest BCUT2D eigenvalue weighted by Crippen LogP contribution is -2.32. The Balaban J connectivity index is 1.42. The lowest BCUT2D eigenvalue weighted by atomic mass is 10.2.